The molecule has 1 N–H and O–H groups in total. The molecule has 0 bridgehead atoms. The van der Waals surface area contributed by atoms with Crippen LogP contribution in [0.5, 0.6) is 0 Å². The van der Waals surface area contributed by atoms with Crippen LogP contribution in [0, 0.1) is 0 Å². The van der Waals surface area contributed by atoms with Crippen molar-refractivity contribution in [3.63, 3.8) is 0 Å². The monoisotopic (exact) mass is 166 g/mol. The first-order valence-electron chi connectivity index (χ1n) is 3.39. The van der Waals surface area contributed by atoms with E-state index in [2.05, 4.69) is 10.5 Å². The van der Waals surface area contributed by atoms with Crippen molar-refractivity contribution in [1.29, 1.82) is 0 Å². The molecule has 5 heteroatoms. The van der Waals surface area contributed by atoms with Crippen LogP contribution in [0.25, 0.3) is 0 Å². The summed E-state index contributed by atoms with van der Waals surface area (Å²) < 4.78 is 4.71. The molecule has 1 aromatic rings. The molecule has 0 aromatic carbocycles. The molecule has 0 spiro atoms. The van der Waals surface area contributed by atoms with Gasteiger partial charge >= 0.3 is 6.09 Å². The topological polar surface area (TPSA) is 60.5 Å². The quantitative estimate of drug-likeness (QED) is 0.668. The third kappa shape index (κ3) is 1.22. The molecule has 12 heavy (non-hydrogen) atoms. The maximum Gasteiger partial charge on any atom is 0.434 e. The molecular weight excluding hydrogens is 160 g/mol. The molecule has 1 fully saturated rings. The average molecular weight is 166 g/mol. The molecule has 1 unspecified atom stereocenters. The minimum absolute atomic E-state index is 0.566. The SMILES string of the molecule is O=C1NOC(c2ccccn2)O1. The summed E-state index contributed by atoms with van der Waals surface area (Å²) >= 11 is 0. The van der Waals surface area contributed by atoms with E-state index in [4.69, 9.17) is 9.57 Å². The van der Waals surface area contributed by atoms with E-state index in [0.29, 0.717) is 5.69 Å². The Kier molecular flexibility index (Phi) is 1.64. The summed E-state index contributed by atoms with van der Waals surface area (Å²) in [5.74, 6) is 0. The molecule has 1 saturated heterocycles. The lowest BCUT2D eigenvalue weighted by Crippen LogP contribution is -2.10. The van der Waals surface area contributed by atoms with Gasteiger partial charge in [0.15, 0.2) is 0 Å². The number of carbonyl (C=O) groups is 1. The number of carbonyl (C=O) groups excluding carboxylic acids is 1. The lowest BCUT2D eigenvalue weighted by atomic mass is 10.3. The van der Waals surface area contributed by atoms with E-state index in [9.17, 15) is 4.79 Å². The molecular formula is C7H6N2O3. The maximum atomic E-state index is 10.5. The first kappa shape index (κ1) is 7.05. The van der Waals surface area contributed by atoms with Crippen LogP contribution in [-0.4, -0.2) is 11.1 Å². The van der Waals surface area contributed by atoms with Gasteiger partial charge in [-0.1, -0.05) is 6.07 Å². The molecule has 0 radical (unpaired) electrons. The van der Waals surface area contributed by atoms with Crippen LogP contribution in [0.4, 0.5) is 4.79 Å². The van der Waals surface area contributed by atoms with Crippen LogP contribution in [0.15, 0.2) is 24.4 Å². The molecule has 1 aliphatic rings. The standard InChI is InChI=1S/C7H6N2O3/c10-7-9-12-6(11-7)5-3-1-2-4-8-5/h1-4,6H,(H,9,10). The zero-order valence-corrected chi connectivity index (χ0v) is 6.06. The molecule has 1 aromatic heterocycles. The number of pyridine rings is 1. The molecule has 5 nitrogen and oxygen atoms in total. The lowest BCUT2D eigenvalue weighted by molar-refractivity contribution is -0.0634. The number of aromatic nitrogens is 1. The average Bonchev–Trinajstić information content (AvgIpc) is 2.54. The number of cyclic esters (lactones) is 1. The van der Waals surface area contributed by atoms with Crippen molar-refractivity contribution in [1.82, 2.24) is 10.5 Å². The second kappa shape index (κ2) is 2.78. The van der Waals surface area contributed by atoms with Gasteiger partial charge in [-0.25, -0.2) is 9.63 Å². The van der Waals surface area contributed by atoms with Crippen molar-refractivity contribution < 1.29 is 14.4 Å². The van der Waals surface area contributed by atoms with Crippen LogP contribution >= 0.6 is 0 Å². The Morgan fingerprint density at radius 2 is 2.42 bits per heavy atom. The summed E-state index contributed by atoms with van der Waals surface area (Å²) in [6.07, 6.45) is 0.287. The van der Waals surface area contributed by atoms with Crippen molar-refractivity contribution in [2.75, 3.05) is 0 Å². The van der Waals surface area contributed by atoms with Crippen molar-refractivity contribution in [2.45, 2.75) is 6.29 Å². The van der Waals surface area contributed by atoms with Crippen LogP contribution in [-0.2, 0) is 9.57 Å². The summed E-state index contributed by atoms with van der Waals surface area (Å²) in [7, 11) is 0. The summed E-state index contributed by atoms with van der Waals surface area (Å²) in [4.78, 5) is 19.3. The van der Waals surface area contributed by atoms with E-state index in [1.54, 1.807) is 24.4 Å². The number of nitrogens with zero attached hydrogens (tertiary/aromatic N) is 1. The van der Waals surface area contributed by atoms with Crippen molar-refractivity contribution in [2.24, 2.45) is 0 Å². The van der Waals surface area contributed by atoms with Gasteiger partial charge in [0.1, 0.15) is 5.69 Å². The second-order valence-electron chi connectivity index (χ2n) is 2.21. The lowest BCUT2D eigenvalue weighted by Gasteiger charge is -2.03. The summed E-state index contributed by atoms with van der Waals surface area (Å²) in [5, 5.41) is 0. The van der Waals surface area contributed by atoms with Gasteiger partial charge in [-0.2, -0.15) is 5.48 Å². The number of hydrogen-bond acceptors (Lipinski definition) is 4. The number of ether oxygens (including phenoxy) is 1. The molecule has 1 atom stereocenters. The number of amides is 1. The summed E-state index contributed by atoms with van der Waals surface area (Å²) in [5.41, 5.74) is 2.63. The molecule has 2 heterocycles. The van der Waals surface area contributed by atoms with Crippen LogP contribution in [0.2, 0.25) is 0 Å². The van der Waals surface area contributed by atoms with E-state index < -0.39 is 12.4 Å². The smallest absolute Gasteiger partial charge is 0.410 e. The highest BCUT2D eigenvalue weighted by Crippen LogP contribution is 2.18. The van der Waals surface area contributed by atoms with Crippen molar-refractivity contribution in [3.8, 4) is 0 Å². The highest BCUT2D eigenvalue weighted by Gasteiger charge is 2.26. The maximum absolute atomic E-state index is 10.5. The molecule has 0 aliphatic carbocycles. The van der Waals surface area contributed by atoms with E-state index in [1.165, 1.54) is 0 Å². The summed E-state index contributed by atoms with van der Waals surface area (Å²) in [6.45, 7) is 0. The van der Waals surface area contributed by atoms with E-state index in [1.807, 2.05) is 0 Å². The minimum atomic E-state index is -0.723. The van der Waals surface area contributed by atoms with Gasteiger partial charge in [-0.05, 0) is 12.1 Å². The Labute approximate surface area is 68.3 Å². The predicted molar refractivity (Wildman–Crippen MR) is 37.7 cm³/mol. The highest BCUT2D eigenvalue weighted by atomic mass is 16.9. The molecule has 2 rings (SSSR count). The third-order valence-electron chi connectivity index (χ3n) is 1.39. The van der Waals surface area contributed by atoms with Crippen LogP contribution in [0.3, 0.4) is 0 Å². The largest absolute Gasteiger partial charge is 0.434 e. The second-order valence-corrected chi connectivity index (χ2v) is 2.21. The predicted octanol–water partition coefficient (Wildman–Crippen LogP) is 0.752. The first-order chi connectivity index (χ1) is 5.86. The fourth-order valence-corrected chi connectivity index (χ4v) is 0.883. The van der Waals surface area contributed by atoms with Gasteiger partial charge in [-0.3, -0.25) is 4.98 Å². The van der Waals surface area contributed by atoms with Crippen LogP contribution in [0.1, 0.15) is 12.0 Å². The van der Waals surface area contributed by atoms with Gasteiger partial charge in [0.2, 0.25) is 0 Å². The van der Waals surface area contributed by atoms with Gasteiger partial charge in [0, 0.05) is 6.20 Å². The fraction of sp³-hybridized carbons (Fsp3) is 0.143. The number of nitrogens with one attached hydrogen (secondary N) is 1. The van der Waals surface area contributed by atoms with Crippen LogP contribution < -0.4 is 5.48 Å². The van der Waals surface area contributed by atoms with E-state index >= 15 is 0 Å². The fourth-order valence-electron chi connectivity index (χ4n) is 0.883. The number of hydroxylamine groups is 1. The first-order valence-corrected chi connectivity index (χ1v) is 3.39. The Hall–Kier alpha value is -1.62. The van der Waals surface area contributed by atoms with Gasteiger partial charge < -0.3 is 4.74 Å². The van der Waals surface area contributed by atoms with Gasteiger partial charge in [-0.15, -0.1) is 0 Å². The molecule has 1 aliphatic heterocycles. The normalized spacial score (nSPS) is 21.7. The Morgan fingerprint density at radius 1 is 1.50 bits per heavy atom. The van der Waals surface area contributed by atoms with Crippen molar-refractivity contribution >= 4 is 6.09 Å². The third-order valence-corrected chi connectivity index (χ3v) is 1.39. The molecule has 0 saturated carbocycles. The Morgan fingerprint density at radius 3 is 3.00 bits per heavy atom. The van der Waals surface area contributed by atoms with Gasteiger partial charge in [0.25, 0.3) is 6.29 Å². The molecule has 1 amide bonds. The minimum Gasteiger partial charge on any atom is -0.410 e. The Bertz CT molecular complexity index is 288. The zero-order chi connectivity index (χ0) is 8.39. The number of hydrogen-bond donors (Lipinski definition) is 1. The van der Waals surface area contributed by atoms with E-state index in [0.717, 1.165) is 0 Å². The highest BCUT2D eigenvalue weighted by molar-refractivity contribution is 5.67. The van der Waals surface area contributed by atoms with Gasteiger partial charge in [0.05, 0.1) is 0 Å². The zero-order valence-electron chi connectivity index (χ0n) is 6.06. The van der Waals surface area contributed by atoms with Crippen molar-refractivity contribution in [3.05, 3.63) is 30.1 Å². The summed E-state index contributed by atoms with van der Waals surface area (Å²) in [6, 6.07) is 5.27. The number of rotatable bonds is 1. The Balaban J connectivity index is 2.16. The van der Waals surface area contributed by atoms with E-state index in [-0.39, 0.29) is 0 Å². The molecule has 62 valence electrons.